The van der Waals surface area contributed by atoms with Crippen LogP contribution in [-0.4, -0.2) is 59.9 Å². The Morgan fingerprint density at radius 3 is 1.71 bits per heavy atom. The Hall–Kier alpha value is -1.68. The molecule has 0 bridgehead atoms. The molecule has 0 N–H and O–H groups in total. The summed E-state index contributed by atoms with van der Waals surface area (Å²) in [6, 6.07) is 0. The number of alkyl halides is 1. The minimum atomic E-state index is -1.13. The van der Waals surface area contributed by atoms with Crippen molar-refractivity contribution in [2.75, 3.05) is 6.61 Å². The van der Waals surface area contributed by atoms with E-state index >= 15 is 0 Å². The van der Waals surface area contributed by atoms with Crippen LogP contribution >= 0.6 is 15.9 Å². The van der Waals surface area contributed by atoms with E-state index in [9.17, 15) is 19.2 Å². The van der Waals surface area contributed by atoms with Gasteiger partial charge in [0.2, 0.25) is 0 Å². The van der Waals surface area contributed by atoms with Gasteiger partial charge in [0, 0.05) is 27.7 Å². The Balaban J connectivity index is 3.11. The SMILES string of the molecule is CC(=O)OC[C@H]1O[C@H](Br)[C@H](OC(C)=O)[C@@H](OC(C)=O)C1OC(C)=O. The highest BCUT2D eigenvalue weighted by atomic mass is 79.9. The van der Waals surface area contributed by atoms with Crippen LogP contribution in [0.25, 0.3) is 0 Å². The summed E-state index contributed by atoms with van der Waals surface area (Å²) in [5.41, 5.74) is 0. The first-order valence-electron chi connectivity index (χ1n) is 7.06. The summed E-state index contributed by atoms with van der Waals surface area (Å²) in [5, 5.41) is -0.863. The molecule has 0 saturated carbocycles. The number of ether oxygens (including phenoxy) is 5. The summed E-state index contributed by atoms with van der Waals surface area (Å²) in [6.45, 7) is 4.47. The molecule has 136 valence electrons. The number of esters is 4. The van der Waals surface area contributed by atoms with Gasteiger partial charge >= 0.3 is 23.9 Å². The molecule has 1 aliphatic rings. The number of rotatable bonds is 5. The van der Waals surface area contributed by atoms with E-state index in [4.69, 9.17) is 23.7 Å². The number of hydrogen-bond donors (Lipinski definition) is 0. The van der Waals surface area contributed by atoms with Crippen molar-refractivity contribution in [2.24, 2.45) is 0 Å². The number of carbonyl (C=O) groups is 4. The van der Waals surface area contributed by atoms with E-state index in [1.165, 1.54) is 13.8 Å². The largest absolute Gasteiger partial charge is 0.463 e. The van der Waals surface area contributed by atoms with Crippen LogP contribution in [0.15, 0.2) is 0 Å². The molecule has 5 atom stereocenters. The molecule has 0 aliphatic carbocycles. The summed E-state index contributed by atoms with van der Waals surface area (Å²) in [7, 11) is 0. The van der Waals surface area contributed by atoms with Gasteiger partial charge in [-0.05, 0) is 0 Å². The minimum absolute atomic E-state index is 0.236. The Bertz CT molecular complexity index is 506. The first kappa shape index (κ1) is 20.4. The number of carbonyl (C=O) groups excluding carboxylic acids is 4. The van der Waals surface area contributed by atoms with Crippen LogP contribution in [-0.2, 0) is 42.9 Å². The summed E-state index contributed by atoms with van der Waals surface area (Å²) in [5.74, 6) is -2.52. The molecule has 0 aromatic carbocycles. The maximum atomic E-state index is 11.4. The van der Waals surface area contributed by atoms with E-state index in [0.717, 1.165) is 13.8 Å². The van der Waals surface area contributed by atoms with E-state index in [2.05, 4.69) is 15.9 Å². The molecule has 1 rings (SSSR count). The van der Waals surface area contributed by atoms with Crippen molar-refractivity contribution in [3.8, 4) is 0 Å². The fourth-order valence-electron chi connectivity index (χ4n) is 2.18. The molecular weight excluding hydrogens is 392 g/mol. The monoisotopic (exact) mass is 410 g/mol. The van der Waals surface area contributed by atoms with Gasteiger partial charge < -0.3 is 23.7 Å². The lowest BCUT2D eigenvalue weighted by atomic mass is 9.99. The summed E-state index contributed by atoms with van der Waals surface area (Å²) in [6.07, 6.45) is -4.22. The second-order valence-electron chi connectivity index (χ2n) is 5.05. The minimum Gasteiger partial charge on any atom is -0.463 e. The summed E-state index contributed by atoms with van der Waals surface area (Å²) in [4.78, 5) is 45.1. The molecule has 0 spiro atoms. The second-order valence-corrected chi connectivity index (χ2v) is 5.95. The van der Waals surface area contributed by atoms with E-state index < -0.39 is 53.3 Å². The van der Waals surface area contributed by atoms with Crippen LogP contribution in [0.3, 0.4) is 0 Å². The van der Waals surface area contributed by atoms with Crippen LogP contribution in [0.5, 0.6) is 0 Å². The molecule has 0 radical (unpaired) electrons. The highest BCUT2D eigenvalue weighted by Crippen LogP contribution is 2.31. The summed E-state index contributed by atoms with van der Waals surface area (Å²) >= 11 is 3.18. The third kappa shape index (κ3) is 6.08. The maximum absolute atomic E-state index is 11.4. The highest BCUT2D eigenvalue weighted by Gasteiger charge is 2.51. The quantitative estimate of drug-likeness (QED) is 0.362. The molecule has 24 heavy (non-hydrogen) atoms. The van der Waals surface area contributed by atoms with E-state index in [0.29, 0.717) is 0 Å². The van der Waals surface area contributed by atoms with Gasteiger partial charge in [0.15, 0.2) is 23.3 Å². The molecule has 0 aromatic rings. The van der Waals surface area contributed by atoms with E-state index in [1.54, 1.807) is 0 Å². The lowest BCUT2D eigenvalue weighted by molar-refractivity contribution is -0.236. The third-order valence-corrected chi connectivity index (χ3v) is 3.67. The van der Waals surface area contributed by atoms with Gasteiger partial charge in [-0.15, -0.1) is 0 Å². The second kappa shape index (κ2) is 8.97. The van der Waals surface area contributed by atoms with Crippen molar-refractivity contribution in [2.45, 2.75) is 57.1 Å². The van der Waals surface area contributed by atoms with Gasteiger partial charge in [-0.2, -0.15) is 0 Å². The molecule has 9 nitrogen and oxygen atoms in total. The smallest absolute Gasteiger partial charge is 0.303 e. The normalized spacial score (nSPS) is 29.3. The predicted octanol–water partition coefficient (Wildman–Crippen LogP) is 0.464. The van der Waals surface area contributed by atoms with Crippen LogP contribution in [0.2, 0.25) is 0 Å². The van der Waals surface area contributed by atoms with Gasteiger partial charge in [-0.25, -0.2) is 0 Å². The fourth-order valence-corrected chi connectivity index (χ4v) is 2.86. The molecule has 0 aromatic heterocycles. The molecule has 1 unspecified atom stereocenters. The van der Waals surface area contributed by atoms with Gasteiger partial charge in [0.25, 0.3) is 0 Å². The van der Waals surface area contributed by atoms with Gasteiger partial charge in [0.05, 0.1) is 0 Å². The zero-order chi connectivity index (χ0) is 18.4. The van der Waals surface area contributed by atoms with E-state index in [1.807, 2.05) is 0 Å². The lowest BCUT2D eigenvalue weighted by Crippen LogP contribution is -2.60. The molecular formula is C14H19BrO9. The topological polar surface area (TPSA) is 114 Å². The van der Waals surface area contributed by atoms with Crippen molar-refractivity contribution in [1.82, 2.24) is 0 Å². The lowest BCUT2D eigenvalue weighted by Gasteiger charge is -2.42. The van der Waals surface area contributed by atoms with Crippen molar-refractivity contribution in [3.63, 3.8) is 0 Å². The first-order valence-corrected chi connectivity index (χ1v) is 7.98. The maximum Gasteiger partial charge on any atom is 0.303 e. The van der Waals surface area contributed by atoms with Crippen molar-refractivity contribution >= 4 is 39.8 Å². The summed E-state index contributed by atoms with van der Waals surface area (Å²) < 4.78 is 25.9. The van der Waals surface area contributed by atoms with E-state index in [-0.39, 0.29) is 6.61 Å². The molecule has 0 amide bonds. The number of hydrogen-bond acceptors (Lipinski definition) is 9. The van der Waals surface area contributed by atoms with Gasteiger partial charge in [-0.3, -0.25) is 19.2 Å². The average Bonchev–Trinajstić information content (AvgIpc) is 2.42. The average molecular weight is 411 g/mol. The zero-order valence-corrected chi connectivity index (χ0v) is 15.2. The van der Waals surface area contributed by atoms with Crippen LogP contribution in [0.1, 0.15) is 27.7 Å². The van der Waals surface area contributed by atoms with Gasteiger partial charge in [0.1, 0.15) is 12.7 Å². The predicted molar refractivity (Wildman–Crippen MR) is 80.9 cm³/mol. The Morgan fingerprint density at radius 1 is 0.792 bits per heavy atom. The Labute approximate surface area is 147 Å². The van der Waals surface area contributed by atoms with Gasteiger partial charge in [-0.1, -0.05) is 15.9 Å². The first-order chi connectivity index (χ1) is 11.1. The molecule has 10 heteroatoms. The Kier molecular flexibility index (Phi) is 7.61. The molecule has 1 heterocycles. The third-order valence-electron chi connectivity index (χ3n) is 2.93. The van der Waals surface area contributed by atoms with Crippen molar-refractivity contribution < 1.29 is 42.9 Å². The molecule has 1 aliphatic heterocycles. The highest BCUT2D eigenvalue weighted by molar-refractivity contribution is 9.09. The molecule has 1 saturated heterocycles. The Morgan fingerprint density at radius 2 is 1.25 bits per heavy atom. The molecule has 1 fully saturated rings. The standard InChI is InChI=1S/C14H19BrO9/c1-6(16)20-5-10-11(21-7(2)17)12(22-8(3)18)13(14(15)24-10)23-9(4)19/h10-14H,5H2,1-4H3/t10-,11?,12+,13-,14+/m1/s1. The van der Waals surface area contributed by atoms with Crippen molar-refractivity contribution in [3.05, 3.63) is 0 Å². The van der Waals surface area contributed by atoms with Crippen LogP contribution < -0.4 is 0 Å². The van der Waals surface area contributed by atoms with Crippen molar-refractivity contribution in [1.29, 1.82) is 0 Å². The number of halogens is 1. The van der Waals surface area contributed by atoms with Crippen LogP contribution in [0, 0.1) is 0 Å². The zero-order valence-electron chi connectivity index (χ0n) is 13.6. The fraction of sp³-hybridized carbons (Fsp3) is 0.714. The van der Waals surface area contributed by atoms with Crippen LogP contribution in [0.4, 0.5) is 0 Å².